The van der Waals surface area contributed by atoms with Gasteiger partial charge in [-0.25, -0.2) is 4.98 Å². The van der Waals surface area contributed by atoms with E-state index in [2.05, 4.69) is 26.9 Å². The minimum absolute atomic E-state index is 0.633. The fraction of sp³-hybridized carbons (Fsp3) is 0.462. The molecule has 0 amide bonds. The quantitative estimate of drug-likeness (QED) is 0.777. The molecule has 1 aliphatic heterocycles. The molecule has 0 unspecified atom stereocenters. The first-order valence-electron chi connectivity index (χ1n) is 6.13. The van der Waals surface area contributed by atoms with Gasteiger partial charge in [0.2, 0.25) is 0 Å². The van der Waals surface area contributed by atoms with Crippen molar-refractivity contribution in [1.82, 2.24) is 9.88 Å². The maximum absolute atomic E-state index is 5.42. The Labute approximate surface area is 103 Å². The van der Waals surface area contributed by atoms with E-state index in [9.17, 15) is 0 Å². The Morgan fingerprint density at radius 2 is 2.00 bits per heavy atom. The molecule has 1 saturated heterocycles. The van der Waals surface area contributed by atoms with Gasteiger partial charge in [-0.3, -0.25) is 4.90 Å². The summed E-state index contributed by atoms with van der Waals surface area (Å²) in [5.41, 5.74) is 5.42. The Hall–Kier alpha value is -1.39. The predicted octanol–water partition coefficient (Wildman–Crippen LogP) is 0.718. The Balaban J connectivity index is 1.80. The lowest BCUT2D eigenvalue weighted by Gasteiger charge is -2.34. The van der Waals surface area contributed by atoms with Crippen LogP contribution in [0.25, 0.3) is 0 Å². The lowest BCUT2D eigenvalue weighted by molar-refractivity contribution is 0.283. The van der Waals surface area contributed by atoms with Gasteiger partial charge in [0.25, 0.3) is 0 Å². The molecule has 0 aliphatic carbocycles. The lowest BCUT2D eigenvalue weighted by atomic mass is 10.3. The van der Waals surface area contributed by atoms with Gasteiger partial charge in [0.15, 0.2) is 0 Å². The number of rotatable bonds is 4. The van der Waals surface area contributed by atoms with Gasteiger partial charge in [0.1, 0.15) is 5.82 Å². The highest BCUT2D eigenvalue weighted by Crippen LogP contribution is 2.12. The van der Waals surface area contributed by atoms with E-state index in [1.54, 1.807) is 0 Å². The number of hydrogen-bond acceptors (Lipinski definition) is 4. The monoisotopic (exact) mass is 232 g/mol. The van der Waals surface area contributed by atoms with Gasteiger partial charge >= 0.3 is 0 Å². The normalized spacial score (nSPS) is 17.8. The molecule has 0 radical (unpaired) electrons. The van der Waals surface area contributed by atoms with Crippen molar-refractivity contribution in [3.8, 4) is 0 Å². The Kier molecular flexibility index (Phi) is 4.53. The van der Waals surface area contributed by atoms with E-state index in [1.807, 2.05) is 24.4 Å². The van der Waals surface area contributed by atoms with Crippen LogP contribution in [0.15, 0.2) is 36.5 Å². The van der Waals surface area contributed by atoms with Crippen LogP contribution >= 0.6 is 0 Å². The third kappa shape index (κ3) is 3.54. The molecule has 1 fully saturated rings. The van der Waals surface area contributed by atoms with Crippen molar-refractivity contribution in [2.75, 3.05) is 44.2 Å². The molecule has 2 heterocycles. The molecular weight excluding hydrogens is 212 g/mol. The van der Waals surface area contributed by atoms with E-state index in [4.69, 9.17) is 5.73 Å². The maximum Gasteiger partial charge on any atom is 0.128 e. The zero-order chi connectivity index (χ0) is 11.9. The molecule has 2 rings (SSSR count). The van der Waals surface area contributed by atoms with Crippen LogP contribution in [0, 0.1) is 0 Å². The zero-order valence-corrected chi connectivity index (χ0v) is 10.1. The summed E-state index contributed by atoms with van der Waals surface area (Å²) in [7, 11) is 0. The first kappa shape index (κ1) is 12.1. The smallest absolute Gasteiger partial charge is 0.128 e. The van der Waals surface area contributed by atoms with Crippen molar-refractivity contribution < 1.29 is 0 Å². The highest BCUT2D eigenvalue weighted by Gasteiger charge is 2.16. The summed E-state index contributed by atoms with van der Waals surface area (Å²) in [5.74, 6) is 1.09. The van der Waals surface area contributed by atoms with Gasteiger partial charge in [-0.2, -0.15) is 0 Å². The van der Waals surface area contributed by atoms with Crippen molar-refractivity contribution in [3.05, 3.63) is 36.5 Å². The van der Waals surface area contributed by atoms with E-state index in [0.29, 0.717) is 6.54 Å². The Morgan fingerprint density at radius 1 is 1.18 bits per heavy atom. The number of hydrogen-bond donors (Lipinski definition) is 1. The molecule has 1 aliphatic rings. The molecule has 0 bridgehead atoms. The third-order valence-corrected chi connectivity index (χ3v) is 3.01. The van der Waals surface area contributed by atoms with Crippen molar-refractivity contribution in [2.24, 2.45) is 5.73 Å². The molecule has 0 spiro atoms. The molecule has 1 aromatic rings. The maximum atomic E-state index is 5.42. The summed E-state index contributed by atoms with van der Waals surface area (Å²) in [6.45, 7) is 5.92. The van der Waals surface area contributed by atoms with Crippen molar-refractivity contribution in [2.45, 2.75) is 0 Å². The van der Waals surface area contributed by atoms with Gasteiger partial charge in [-0.15, -0.1) is 0 Å². The van der Waals surface area contributed by atoms with E-state index < -0.39 is 0 Å². The molecule has 2 N–H and O–H groups in total. The van der Waals surface area contributed by atoms with Gasteiger partial charge < -0.3 is 10.6 Å². The summed E-state index contributed by atoms with van der Waals surface area (Å²) in [5, 5.41) is 0. The number of anilines is 1. The van der Waals surface area contributed by atoms with E-state index in [-0.39, 0.29) is 0 Å². The molecule has 0 atom stereocenters. The first-order chi connectivity index (χ1) is 8.40. The van der Waals surface area contributed by atoms with Crippen molar-refractivity contribution in [3.63, 3.8) is 0 Å². The number of piperazine rings is 1. The van der Waals surface area contributed by atoms with Gasteiger partial charge in [0.05, 0.1) is 0 Å². The van der Waals surface area contributed by atoms with Crippen LogP contribution in [0.3, 0.4) is 0 Å². The van der Waals surface area contributed by atoms with Gasteiger partial charge in [0, 0.05) is 45.5 Å². The molecule has 0 saturated carbocycles. The van der Waals surface area contributed by atoms with Crippen LogP contribution in [0.5, 0.6) is 0 Å². The molecule has 1 aromatic heterocycles. The fourth-order valence-electron chi connectivity index (χ4n) is 2.02. The number of nitrogens with zero attached hydrogens (tertiary/aromatic N) is 3. The highest BCUT2D eigenvalue weighted by atomic mass is 15.3. The van der Waals surface area contributed by atoms with Crippen LogP contribution in [-0.2, 0) is 0 Å². The SMILES string of the molecule is NCC=CCN1CCN(c2ccccn2)CC1. The van der Waals surface area contributed by atoms with E-state index in [1.165, 1.54) is 0 Å². The van der Waals surface area contributed by atoms with Crippen LogP contribution in [-0.4, -0.2) is 49.2 Å². The van der Waals surface area contributed by atoms with Crippen LogP contribution in [0.4, 0.5) is 5.82 Å². The molecule has 0 aromatic carbocycles. The Morgan fingerprint density at radius 3 is 2.65 bits per heavy atom. The fourth-order valence-corrected chi connectivity index (χ4v) is 2.02. The minimum Gasteiger partial charge on any atom is -0.354 e. The van der Waals surface area contributed by atoms with Crippen molar-refractivity contribution >= 4 is 5.82 Å². The molecule has 17 heavy (non-hydrogen) atoms. The second-order valence-electron chi connectivity index (χ2n) is 4.18. The van der Waals surface area contributed by atoms with Gasteiger partial charge in [-0.05, 0) is 12.1 Å². The Bertz CT molecular complexity index is 342. The average molecular weight is 232 g/mol. The standard InChI is InChI=1S/C13H20N4/c14-6-2-4-8-16-9-11-17(12-10-16)13-5-1-3-7-15-13/h1-5,7H,6,8-12,14H2. The number of aromatic nitrogens is 1. The second-order valence-corrected chi connectivity index (χ2v) is 4.18. The zero-order valence-electron chi connectivity index (χ0n) is 10.1. The molecule has 4 nitrogen and oxygen atoms in total. The predicted molar refractivity (Wildman–Crippen MR) is 71.1 cm³/mol. The van der Waals surface area contributed by atoms with Gasteiger partial charge in [-0.1, -0.05) is 18.2 Å². The lowest BCUT2D eigenvalue weighted by Crippen LogP contribution is -2.46. The highest BCUT2D eigenvalue weighted by molar-refractivity contribution is 5.38. The summed E-state index contributed by atoms with van der Waals surface area (Å²) >= 11 is 0. The van der Waals surface area contributed by atoms with E-state index >= 15 is 0 Å². The van der Waals surface area contributed by atoms with Crippen LogP contribution in [0.2, 0.25) is 0 Å². The van der Waals surface area contributed by atoms with E-state index in [0.717, 1.165) is 38.5 Å². The number of nitrogens with two attached hydrogens (primary N) is 1. The largest absolute Gasteiger partial charge is 0.354 e. The number of pyridine rings is 1. The summed E-state index contributed by atoms with van der Waals surface area (Å²) in [6.07, 6.45) is 6.02. The molecule has 92 valence electrons. The van der Waals surface area contributed by atoms with Crippen molar-refractivity contribution in [1.29, 1.82) is 0 Å². The third-order valence-electron chi connectivity index (χ3n) is 3.01. The first-order valence-corrected chi connectivity index (χ1v) is 6.13. The second kappa shape index (κ2) is 6.37. The summed E-state index contributed by atoms with van der Waals surface area (Å²) < 4.78 is 0. The van der Waals surface area contributed by atoms with Crippen LogP contribution in [0.1, 0.15) is 0 Å². The summed E-state index contributed by atoms with van der Waals surface area (Å²) in [4.78, 5) is 9.15. The topological polar surface area (TPSA) is 45.4 Å². The minimum atomic E-state index is 0.633. The summed E-state index contributed by atoms with van der Waals surface area (Å²) in [6, 6.07) is 6.07. The molecular formula is C13H20N4. The molecule has 4 heteroatoms. The van der Waals surface area contributed by atoms with Crippen LogP contribution < -0.4 is 10.6 Å². The average Bonchev–Trinajstić information content (AvgIpc) is 2.41.